The summed E-state index contributed by atoms with van der Waals surface area (Å²) in [4.78, 5) is 2.30. The monoisotopic (exact) mass is 188 g/mol. The van der Waals surface area contributed by atoms with Gasteiger partial charge >= 0.3 is 0 Å². The van der Waals surface area contributed by atoms with E-state index in [1.54, 1.807) is 0 Å². The molecule has 0 atom stereocenters. The highest BCUT2D eigenvalue weighted by Crippen LogP contribution is 2.29. The molecule has 0 unspecified atom stereocenters. The molecule has 2 N–H and O–H groups in total. The van der Waals surface area contributed by atoms with Crippen LogP contribution in [0, 0.1) is 0 Å². The first kappa shape index (κ1) is 9.28. The minimum Gasteiger partial charge on any atom is -0.374 e. The lowest BCUT2D eigenvalue weighted by molar-refractivity contribution is 0.955. The second-order valence-electron chi connectivity index (χ2n) is 3.65. The standard InChI is InChI=1S/C12H16N2/c1-14-9-7-11-10(5-3-8-13)4-2-6-12(11)14/h2-6H,7-9,13H2,1H3/b5-3+. The number of hydrogen-bond donors (Lipinski definition) is 1. The fourth-order valence-electron chi connectivity index (χ4n) is 1.97. The molecule has 2 rings (SSSR count). The molecule has 1 aromatic carbocycles. The minimum absolute atomic E-state index is 0.611. The Kier molecular flexibility index (Phi) is 2.55. The Bertz CT molecular complexity index is 355. The van der Waals surface area contributed by atoms with E-state index in [0.717, 1.165) is 13.0 Å². The maximum atomic E-state index is 5.45. The highest BCUT2D eigenvalue weighted by molar-refractivity contribution is 5.68. The van der Waals surface area contributed by atoms with Crippen molar-refractivity contribution >= 4 is 11.8 Å². The van der Waals surface area contributed by atoms with Gasteiger partial charge in [0.15, 0.2) is 0 Å². The molecule has 0 bridgehead atoms. The van der Waals surface area contributed by atoms with Crippen LogP contribution in [0.5, 0.6) is 0 Å². The Labute approximate surface area is 85.0 Å². The third kappa shape index (κ3) is 1.53. The van der Waals surface area contributed by atoms with E-state index in [-0.39, 0.29) is 0 Å². The molecule has 0 spiro atoms. The molecule has 0 amide bonds. The average molecular weight is 188 g/mol. The molecule has 0 aliphatic carbocycles. The highest BCUT2D eigenvalue weighted by atomic mass is 15.1. The van der Waals surface area contributed by atoms with Gasteiger partial charge in [-0.3, -0.25) is 0 Å². The van der Waals surface area contributed by atoms with Crippen LogP contribution in [0.3, 0.4) is 0 Å². The smallest absolute Gasteiger partial charge is 0.0402 e. The van der Waals surface area contributed by atoms with Crippen LogP contribution < -0.4 is 10.6 Å². The molecule has 74 valence electrons. The zero-order chi connectivity index (χ0) is 9.97. The lowest BCUT2D eigenvalue weighted by Crippen LogP contribution is -2.12. The zero-order valence-corrected chi connectivity index (χ0v) is 8.53. The second-order valence-corrected chi connectivity index (χ2v) is 3.65. The predicted molar refractivity (Wildman–Crippen MR) is 61.5 cm³/mol. The molecule has 2 nitrogen and oxygen atoms in total. The summed E-state index contributed by atoms with van der Waals surface area (Å²) in [6.07, 6.45) is 5.28. The van der Waals surface area contributed by atoms with Crippen LogP contribution in [0.2, 0.25) is 0 Å². The van der Waals surface area contributed by atoms with Gasteiger partial charge in [0.1, 0.15) is 0 Å². The fraction of sp³-hybridized carbons (Fsp3) is 0.333. The van der Waals surface area contributed by atoms with Crippen LogP contribution in [-0.4, -0.2) is 20.1 Å². The van der Waals surface area contributed by atoms with E-state index < -0.39 is 0 Å². The van der Waals surface area contributed by atoms with Gasteiger partial charge in [-0.05, 0) is 23.6 Å². The van der Waals surface area contributed by atoms with Gasteiger partial charge in [-0.1, -0.05) is 24.3 Å². The van der Waals surface area contributed by atoms with Crippen molar-refractivity contribution < 1.29 is 0 Å². The van der Waals surface area contributed by atoms with Crippen LogP contribution in [0.25, 0.3) is 6.08 Å². The van der Waals surface area contributed by atoms with E-state index in [1.165, 1.54) is 16.8 Å². The van der Waals surface area contributed by atoms with Crippen LogP contribution in [0.15, 0.2) is 24.3 Å². The predicted octanol–water partition coefficient (Wildman–Crippen LogP) is 1.65. The van der Waals surface area contributed by atoms with Gasteiger partial charge in [0.05, 0.1) is 0 Å². The summed E-state index contributed by atoms with van der Waals surface area (Å²) < 4.78 is 0. The molecule has 0 fully saturated rings. The van der Waals surface area contributed by atoms with Gasteiger partial charge < -0.3 is 10.6 Å². The van der Waals surface area contributed by atoms with E-state index in [4.69, 9.17) is 5.73 Å². The van der Waals surface area contributed by atoms with Crippen molar-refractivity contribution in [3.8, 4) is 0 Å². The third-order valence-electron chi connectivity index (χ3n) is 2.73. The molecule has 1 aliphatic rings. The molecule has 1 aliphatic heterocycles. The lowest BCUT2D eigenvalue weighted by atomic mass is 10.0. The number of nitrogens with zero attached hydrogens (tertiary/aromatic N) is 1. The van der Waals surface area contributed by atoms with E-state index >= 15 is 0 Å². The van der Waals surface area contributed by atoms with Crippen LogP contribution in [-0.2, 0) is 6.42 Å². The van der Waals surface area contributed by atoms with Crippen molar-refractivity contribution in [2.45, 2.75) is 6.42 Å². The summed E-state index contributed by atoms with van der Waals surface area (Å²) >= 11 is 0. The molecule has 1 aromatic rings. The Morgan fingerprint density at radius 3 is 3.14 bits per heavy atom. The molecule has 0 aromatic heterocycles. The number of benzene rings is 1. The van der Waals surface area contributed by atoms with E-state index in [9.17, 15) is 0 Å². The summed E-state index contributed by atoms with van der Waals surface area (Å²) in [6.45, 7) is 1.74. The molecule has 1 heterocycles. The fourth-order valence-corrected chi connectivity index (χ4v) is 1.97. The number of hydrogen-bond acceptors (Lipinski definition) is 2. The number of nitrogens with two attached hydrogens (primary N) is 1. The van der Waals surface area contributed by atoms with Crippen molar-refractivity contribution in [3.05, 3.63) is 35.4 Å². The van der Waals surface area contributed by atoms with Gasteiger partial charge in [-0.15, -0.1) is 0 Å². The molecule has 2 heteroatoms. The summed E-state index contributed by atoms with van der Waals surface area (Å²) in [5.74, 6) is 0. The van der Waals surface area contributed by atoms with E-state index in [1.807, 2.05) is 6.08 Å². The van der Waals surface area contributed by atoms with Gasteiger partial charge in [0.2, 0.25) is 0 Å². The van der Waals surface area contributed by atoms with Crippen molar-refractivity contribution in [1.82, 2.24) is 0 Å². The molecule has 0 saturated heterocycles. The number of fused-ring (bicyclic) bond motifs is 1. The Morgan fingerprint density at radius 2 is 2.36 bits per heavy atom. The van der Waals surface area contributed by atoms with Crippen molar-refractivity contribution in [2.24, 2.45) is 5.73 Å². The number of rotatable bonds is 2. The SMILES string of the molecule is CN1CCc2c(/C=C/CN)cccc21. The van der Waals surface area contributed by atoms with Crippen LogP contribution in [0.4, 0.5) is 5.69 Å². The summed E-state index contributed by atoms with van der Waals surface area (Å²) in [7, 11) is 2.14. The van der Waals surface area contributed by atoms with Gasteiger partial charge in [0, 0.05) is 25.8 Å². The molecular formula is C12H16N2. The number of likely N-dealkylation sites (N-methyl/N-ethyl adjacent to an activating group) is 1. The maximum absolute atomic E-state index is 5.45. The van der Waals surface area contributed by atoms with Crippen LogP contribution in [0.1, 0.15) is 11.1 Å². The molecule has 0 saturated carbocycles. The Morgan fingerprint density at radius 1 is 1.50 bits per heavy atom. The zero-order valence-electron chi connectivity index (χ0n) is 8.53. The third-order valence-corrected chi connectivity index (χ3v) is 2.73. The van der Waals surface area contributed by atoms with Gasteiger partial charge in [-0.25, -0.2) is 0 Å². The maximum Gasteiger partial charge on any atom is 0.0402 e. The lowest BCUT2D eigenvalue weighted by Gasteiger charge is -2.11. The number of anilines is 1. The summed E-state index contributed by atoms with van der Waals surface area (Å²) in [5, 5.41) is 0. The van der Waals surface area contributed by atoms with Crippen molar-refractivity contribution in [1.29, 1.82) is 0 Å². The normalized spacial score (nSPS) is 15.1. The highest BCUT2D eigenvalue weighted by Gasteiger charge is 2.16. The first-order chi connectivity index (χ1) is 6.83. The molecular weight excluding hydrogens is 172 g/mol. The second kappa shape index (κ2) is 3.84. The van der Waals surface area contributed by atoms with Crippen LogP contribution >= 0.6 is 0 Å². The first-order valence-corrected chi connectivity index (χ1v) is 5.02. The van der Waals surface area contributed by atoms with Crippen molar-refractivity contribution in [3.63, 3.8) is 0 Å². The summed E-state index contributed by atoms with van der Waals surface area (Å²) in [6, 6.07) is 6.45. The largest absolute Gasteiger partial charge is 0.374 e. The molecule has 0 radical (unpaired) electrons. The van der Waals surface area contributed by atoms with Gasteiger partial charge in [-0.2, -0.15) is 0 Å². The van der Waals surface area contributed by atoms with Crippen molar-refractivity contribution in [2.75, 3.05) is 25.0 Å². The quantitative estimate of drug-likeness (QED) is 0.764. The van der Waals surface area contributed by atoms with Gasteiger partial charge in [0.25, 0.3) is 0 Å². The topological polar surface area (TPSA) is 29.3 Å². The summed E-state index contributed by atoms with van der Waals surface area (Å²) in [5.41, 5.74) is 9.59. The van der Waals surface area contributed by atoms with E-state index in [2.05, 4.69) is 36.2 Å². The minimum atomic E-state index is 0.611. The Balaban J connectivity index is 2.39. The Hall–Kier alpha value is -1.28. The first-order valence-electron chi connectivity index (χ1n) is 5.02. The average Bonchev–Trinajstić information content (AvgIpc) is 2.58. The molecule has 14 heavy (non-hydrogen) atoms. The van der Waals surface area contributed by atoms with E-state index in [0.29, 0.717) is 6.54 Å².